The lowest BCUT2D eigenvalue weighted by molar-refractivity contribution is 0.559. The molecular weight excluding hydrogens is 262 g/mol. The smallest absolute Gasteiger partial charge is 0.252 e. The van der Waals surface area contributed by atoms with E-state index in [9.17, 15) is 4.79 Å². The Morgan fingerprint density at radius 1 is 1.19 bits per heavy atom. The van der Waals surface area contributed by atoms with E-state index in [4.69, 9.17) is 0 Å². The maximum absolute atomic E-state index is 12.1. The fourth-order valence-electron chi connectivity index (χ4n) is 2.32. The van der Waals surface area contributed by atoms with Crippen LogP contribution in [0.1, 0.15) is 24.2 Å². The highest BCUT2D eigenvalue weighted by molar-refractivity contribution is 5.78. The number of hydrogen-bond acceptors (Lipinski definition) is 3. The summed E-state index contributed by atoms with van der Waals surface area (Å²) in [5.74, 6) is 0. The summed E-state index contributed by atoms with van der Waals surface area (Å²) < 4.78 is 0. The van der Waals surface area contributed by atoms with Crippen molar-refractivity contribution in [3.63, 3.8) is 0 Å². The fourth-order valence-corrected chi connectivity index (χ4v) is 2.32. The van der Waals surface area contributed by atoms with E-state index in [2.05, 4.69) is 15.3 Å². The molecule has 0 aliphatic heterocycles. The van der Waals surface area contributed by atoms with Gasteiger partial charge in [-0.15, -0.1) is 0 Å². The van der Waals surface area contributed by atoms with Crippen LogP contribution in [-0.4, -0.2) is 9.97 Å². The van der Waals surface area contributed by atoms with Crippen molar-refractivity contribution < 1.29 is 0 Å². The number of benzene rings is 1. The van der Waals surface area contributed by atoms with Gasteiger partial charge in [-0.1, -0.05) is 24.3 Å². The van der Waals surface area contributed by atoms with E-state index >= 15 is 0 Å². The molecule has 1 aromatic carbocycles. The molecule has 0 aliphatic carbocycles. The predicted octanol–water partition coefficient (Wildman–Crippen LogP) is 2.77. The number of pyridine rings is 2. The summed E-state index contributed by atoms with van der Waals surface area (Å²) in [6.45, 7) is 2.55. The molecule has 4 heteroatoms. The minimum atomic E-state index is -0.0468. The lowest BCUT2D eigenvalue weighted by Crippen LogP contribution is -2.24. The van der Waals surface area contributed by atoms with E-state index in [0.29, 0.717) is 6.54 Å². The Labute approximate surface area is 122 Å². The van der Waals surface area contributed by atoms with Crippen LogP contribution in [0.4, 0.5) is 0 Å². The summed E-state index contributed by atoms with van der Waals surface area (Å²) in [5.41, 5.74) is 2.52. The highest BCUT2D eigenvalue weighted by Gasteiger charge is 2.08. The van der Waals surface area contributed by atoms with Crippen molar-refractivity contribution in [1.82, 2.24) is 15.3 Å². The number of aromatic amines is 1. The van der Waals surface area contributed by atoms with Crippen molar-refractivity contribution >= 4 is 10.9 Å². The van der Waals surface area contributed by atoms with Gasteiger partial charge in [-0.25, -0.2) is 0 Å². The van der Waals surface area contributed by atoms with Gasteiger partial charge in [0.15, 0.2) is 0 Å². The third-order valence-corrected chi connectivity index (χ3v) is 3.56. The lowest BCUT2D eigenvalue weighted by atomic mass is 10.1. The van der Waals surface area contributed by atoms with Crippen LogP contribution in [0.3, 0.4) is 0 Å². The standard InChI is InChI=1S/C17H17N3O/c1-12(15-7-4-5-9-18-15)19-11-14-10-13-6-2-3-8-16(13)20-17(14)21/h2-10,12,19H,11H2,1H3,(H,20,21)/t12-/m1/s1. The second-order valence-electron chi connectivity index (χ2n) is 5.07. The average Bonchev–Trinajstić information content (AvgIpc) is 2.53. The van der Waals surface area contributed by atoms with Crippen LogP contribution in [0.15, 0.2) is 59.5 Å². The Bertz CT molecular complexity index is 796. The first-order valence-corrected chi connectivity index (χ1v) is 6.99. The fraction of sp³-hybridized carbons (Fsp3) is 0.176. The van der Waals surface area contributed by atoms with Crippen molar-refractivity contribution in [3.05, 3.63) is 76.3 Å². The highest BCUT2D eigenvalue weighted by Crippen LogP contribution is 2.12. The zero-order valence-corrected chi connectivity index (χ0v) is 11.8. The van der Waals surface area contributed by atoms with Crippen LogP contribution in [0.5, 0.6) is 0 Å². The molecule has 106 valence electrons. The molecular formula is C17H17N3O. The zero-order valence-electron chi connectivity index (χ0n) is 11.8. The van der Waals surface area contributed by atoms with Crippen LogP contribution in [0.25, 0.3) is 10.9 Å². The van der Waals surface area contributed by atoms with Gasteiger partial charge < -0.3 is 10.3 Å². The number of nitrogens with zero attached hydrogens (tertiary/aromatic N) is 1. The van der Waals surface area contributed by atoms with E-state index < -0.39 is 0 Å². The summed E-state index contributed by atoms with van der Waals surface area (Å²) in [6.07, 6.45) is 1.77. The normalized spacial score (nSPS) is 12.4. The summed E-state index contributed by atoms with van der Waals surface area (Å²) in [7, 11) is 0. The number of fused-ring (bicyclic) bond motifs is 1. The van der Waals surface area contributed by atoms with E-state index in [0.717, 1.165) is 22.2 Å². The first-order valence-electron chi connectivity index (χ1n) is 6.99. The zero-order chi connectivity index (χ0) is 14.7. The van der Waals surface area contributed by atoms with E-state index in [1.165, 1.54) is 0 Å². The number of H-pyrrole nitrogens is 1. The van der Waals surface area contributed by atoms with Gasteiger partial charge >= 0.3 is 0 Å². The van der Waals surface area contributed by atoms with Gasteiger partial charge in [0.05, 0.1) is 5.69 Å². The molecule has 21 heavy (non-hydrogen) atoms. The molecule has 0 aliphatic rings. The quantitative estimate of drug-likeness (QED) is 0.772. The first kappa shape index (κ1) is 13.5. The van der Waals surface area contributed by atoms with Gasteiger partial charge in [-0.05, 0) is 36.6 Å². The Balaban J connectivity index is 1.79. The molecule has 0 radical (unpaired) electrons. The second kappa shape index (κ2) is 5.89. The van der Waals surface area contributed by atoms with Crippen molar-refractivity contribution in [1.29, 1.82) is 0 Å². The SMILES string of the molecule is C[C@@H](NCc1cc2ccccc2[nH]c1=O)c1ccccn1. The summed E-state index contributed by atoms with van der Waals surface area (Å²) in [5, 5.41) is 4.38. The van der Waals surface area contributed by atoms with Gasteiger partial charge in [0.1, 0.15) is 0 Å². The van der Waals surface area contributed by atoms with Crippen molar-refractivity contribution in [2.75, 3.05) is 0 Å². The predicted molar refractivity (Wildman–Crippen MR) is 84.1 cm³/mol. The molecule has 2 heterocycles. The lowest BCUT2D eigenvalue weighted by Gasteiger charge is -2.13. The van der Waals surface area contributed by atoms with Crippen LogP contribution in [0.2, 0.25) is 0 Å². The molecule has 3 rings (SSSR count). The number of rotatable bonds is 4. The Kier molecular flexibility index (Phi) is 3.79. The molecule has 0 saturated heterocycles. The average molecular weight is 279 g/mol. The van der Waals surface area contributed by atoms with Gasteiger partial charge in [-0.3, -0.25) is 9.78 Å². The number of nitrogens with one attached hydrogen (secondary N) is 2. The van der Waals surface area contributed by atoms with Gasteiger partial charge in [-0.2, -0.15) is 0 Å². The first-order chi connectivity index (χ1) is 10.2. The minimum absolute atomic E-state index is 0.0468. The molecule has 1 atom stereocenters. The minimum Gasteiger partial charge on any atom is -0.322 e. The largest absolute Gasteiger partial charge is 0.322 e. The molecule has 2 N–H and O–H groups in total. The highest BCUT2D eigenvalue weighted by atomic mass is 16.1. The maximum atomic E-state index is 12.1. The van der Waals surface area contributed by atoms with Crippen molar-refractivity contribution in [2.24, 2.45) is 0 Å². The number of hydrogen-bond donors (Lipinski definition) is 2. The molecule has 2 aromatic heterocycles. The molecule has 0 spiro atoms. The molecule has 0 bridgehead atoms. The monoisotopic (exact) mass is 279 g/mol. The number of aromatic nitrogens is 2. The van der Waals surface area contributed by atoms with E-state index in [-0.39, 0.29) is 11.6 Å². The molecule has 3 aromatic rings. The Hall–Kier alpha value is -2.46. The van der Waals surface area contributed by atoms with Gasteiger partial charge in [0, 0.05) is 29.9 Å². The summed E-state index contributed by atoms with van der Waals surface area (Å²) in [6, 6.07) is 15.6. The van der Waals surface area contributed by atoms with Crippen LogP contribution in [0, 0.1) is 0 Å². The van der Waals surface area contributed by atoms with Crippen molar-refractivity contribution in [3.8, 4) is 0 Å². The van der Waals surface area contributed by atoms with E-state index in [1.807, 2.05) is 55.5 Å². The summed E-state index contributed by atoms with van der Waals surface area (Å²) in [4.78, 5) is 19.3. The molecule has 4 nitrogen and oxygen atoms in total. The third kappa shape index (κ3) is 3.01. The topological polar surface area (TPSA) is 57.8 Å². The third-order valence-electron chi connectivity index (χ3n) is 3.56. The number of para-hydroxylation sites is 1. The maximum Gasteiger partial charge on any atom is 0.252 e. The van der Waals surface area contributed by atoms with Gasteiger partial charge in [0.25, 0.3) is 5.56 Å². The van der Waals surface area contributed by atoms with Crippen LogP contribution in [-0.2, 0) is 6.54 Å². The molecule has 0 saturated carbocycles. The molecule has 0 fully saturated rings. The van der Waals surface area contributed by atoms with Crippen molar-refractivity contribution in [2.45, 2.75) is 19.5 Å². The van der Waals surface area contributed by atoms with Gasteiger partial charge in [0.2, 0.25) is 0 Å². The van der Waals surface area contributed by atoms with Crippen LogP contribution >= 0.6 is 0 Å². The molecule has 0 unspecified atom stereocenters. The Morgan fingerprint density at radius 2 is 2.00 bits per heavy atom. The summed E-state index contributed by atoms with van der Waals surface area (Å²) >= 11 is 0. The second-order valence-corrected chi connectivity index (χ2v) is 5.07. The molecule has 0 amide bonds. The van der Waals surface area contributed by atoms with Crippen LogP contribution < -0.4 is 10.9 Å². The Morgan fingerprint density at radius 3 is 2.81 bits per heavy atom. The van der Waals surface area contributed by atoms with E-state index in [1.54, 1.807) is 6.20 Å².